The van der Waals surface area contributed by atoms with Gasteiger partial charge in [-0.2, -0.15) is 0 Å². The zero-order valence-electron chi connectivity index (χ0n) is 31.9. The number of benzene rings is 6. The van der Waals surface area contributed by atoms with Crippen LogP contribution in [0.25, 0.3) is 72.3 Å². The van der Waals surface area contributed by atoms with Crippen molar-refractivity contribution in [2.45, 2.75) is 56.8 Å². The maximum atomic E-state index is 9.49. The molecule has 0 fully saturated rings. The number of imidazole rings is 1. The molecule has 4 heteroatoms. The third-order valence-electron chi connectivity index (χ3n) is 9.90. The van der Waals surface area contributed by atoms with Crippen LogP contribution in [0.1, 0.15) is 53.4 Å². The molecule has 0 aliphatic rings. The Balaban J connectivity index is 1.39. The molecule has 0 saturated heterocycles. The molecule has 2 aromatic heterocycles. The van der Waals surface area contributed by atoms with Gasteiger partial charge in [0.1, 0.15) is 0 Å². The van der Waals surface area contributed by atoms with Crippen LogP contribution in [-0.2, 0) is 0 Å². The number of furan rings is 1. The van der Waals surface area contributed by atoms with Gasteiger partial charge >= 0.3 is 154 Å². The molecule has 0 radical (unpaired) electrons. The quantitative estimate of drug-likeness (QED) is 0.154. The first kappa shape index (κ1) is 30.0. The van der Waals surface area contributed by atoms with Crippen LogP contribution < -0.4 is 4.40 Å². The Morgan fingerprint density at radius 1 is 0.620 bits per heavy atom. The minimum absolute atomic E-state index is 0.720. The van der Waals surface area contributed by atoms with Crippen molar-refractivity contribution >= 4 is 50.6 Å². The van der Waals surface area contributed by atoms with Crippen LogP contribution in [0, 0.1) is 0 Å². The van der Waals surface area contributed by atoms with E-state index in [1.807, 2.05) is 64.1 Å². The van der Waals surface area contributed by atoms with E-state index in [1.165, 1.54) is 9.96 Å². The summed E-state index contributed by atoms with van der Waals surface area (Å²) in [5.41, 5.74) is 11.0. The van der Waals surface area contributed by atoms with Gasteiger partial charge in [0.25, 0.3) is 0 Å². The van der Waals surface area contributed by atoms with Gasteiger partial charge in [0.2, 0.25) is 0 Å². The molecular formula is C46H44GeN2O. The number of rotatable bonds is 7. The van der Waals surface area contributed by atoms with E-state index < -0.39 is 25.1 Å². The summed E-state index contributed by atoms with van der Waals surface area (Å²) < 4.78 is 29.5. The second-order valence-corrected chi connectivity index (χ2v) is 25.5. The van der Waals surface area contributed by atoms with E-state index in [0.29, 0.717) is 0 Å². The van der Waals surface area contributed by atoms with Gasteiger partial charge in [-0.3, -0.25) is 0 Å². The summed E-state index contributed by atoms with van der Waals surface area (Å²) in [4.78, 5) is 5.28. The SMILES string of the molecule is [2H]C(C)(C)c1cc(-c2ccccc2)cc(C([2H])(C)C)c1-n1c(-c2cccc3c2oc2cc(-c4cc[c]([Ge]([CH3])([CH3])[CH3])cc4)ccc23)nc2ccccc21. The van der Waals surface area contributed by atoms with E-state index in [0.717, 1.165) is 77.9 Å². The Kier molecular flexibility index (Phi) is 7.48. The van der Waals surface area contributed by atoms with Crippen LogP contribution >= 0.6 is 0 Å². The predicted octanol–water partition coefficient (Wildman–Crippen LogP) is 12.7. The van der Waals surface area contributed by atoms with E-state index in [1.54, 1.807) is 0 Å². The Labute approximate surface area is 300 Å². The number of fused-ring (bicyclic) bond motifs is 4. The molecule has 8 rings (SSSR count). The zero-order valence-corrected chi connectivity index (χ0v) is 32.0. The fourth-order valence-electron chi connectivity index (χ4n) is 7.18. The third-order valence-corrected chi connectivity index (χ3v) is 14.2. The van der Waals surface area contributed by atoms with Crippen molar-refractivity contribution in [1.29, 1.82) is 0 Å². The molecule has 8 aromatic rings. The van der Waals surface area contributed by atoms with Gasteiger partial charge in [-0.05, 0) is 58.3 Å². The van der Waals surface area contributed by atoms with Crippen molar-refractivity contribution in [3.63, 3.8) is 0 Å². The Morgan fingerprint density at radius 2 is 1.26 bits per heavy atom. The summed E-state index contributed by atoms with van der Waals surface area (Å²) in [6.45, 7) is 7.71. The molecule has 0 amide bonds. The van der Waals surface area contributed by atoms with Gasteiger partial charge in [0, 0.05) is 2.74 Å². The van der Waals surface area contributed by atoms with Crippen LogP contribution in [0.4, 0.5) is 0 Å². The molecule has 0 atom stereocenters. The van der Waals surface area contributed by atoms with Gasteiger partial charge < -0.3 is 0 Å². The second-order valence-electron chi connectivity index (χ2n) is 14.9. The molecule has 0 spiro atoms. The molecule has 0 N–H and O–H groups in total. The summed E-state index contributed by atoms with van der Waals surface area (Å²) in [7, 11) is 0. The smallest absolute Gasteiger partial charge is 0.0600 e. The molecule has 0 aliphatic carbocycles. The van der Waals surface area contributed by atoms with Crippen LogP contribution in [0.2, 0.25) is 17.3 Å². The molecule has 248 valence electrons. The first-order valence-electron chi connectivity index (χ1n) is 18.5. The molecule has 6 aromatic carbocycles. The first-order valence-corrected chi connectivity index (χ1v) is 24.8. The van der Waals surface area contributed by atoms with Crippen LogP contribution in [0.15, 0.2) is 132 Å². The summed E-state index contributed by atoms with van der Waals surface area (Å²) >= 11 is -1.92. The fourth-order valence-corrected chi connectivity index (χ4v) is 9.63. The van der Waals surface area contributed by atoms with Gasteiger partial charge in [-0.25, -0.2) is 0 Å². The number of para-hydroxylation sites is 3. The fraction of sp³-hybridized carbons (Fsp3) is 0.196. The van der Waals surface area contributed by atoms with E-state index in [-0.39, 0.29) is 0 Å². The van der Waals surface area contributed by atoms with E-state index in [9.17, 15) is 2.74 Å². The third kappa shape index (κ3) is 5.58. The minimum atomic E-state index is -1.92. The van der Waals surface area contributed by atoms with Gasteiger partial charge in [0.05, 0.1) is 16.7 Å². The molecule has 0 bridgehead atoms. The zero-order chi connectivity index (χ0) is 36.6. The van der Waals surface area contributed by atoms with E-state index in [4.69, 9.17) is 9.40 Å². The second kappa shape index (κ2) is 12.5. The van der Waals surface area contributed by atoms with Crippen LogP contribution in [0.5, 0.6) is 0 Å². The monoisotopic (exact) mass is 716 g/mol. The van der Waals surface area contributed by atoms with Gasteiger partial charge in [-0.15, -0.1) is 0 Å². The van der Waals surface area contributed by atoms with Gasteiger partial charge in [0.15, 0.2) is 0 Å². The standard InChI is InChI=1S/C46H44GeN2O/c1-29(2)39-26-34(31-14-9-8-10-15-31)27-40(30(3)4)44(39)49-42-19-12-11-18-41(42)48-46(49)38-17-13-16-37-36-25-22-33(28-43(36)50-45(37)38)32-20-23-35(24-21-32)47(5,6)7/h8-30H,1-7H3/i29D,30D. The molecule has 0 saturated carbocycles. The van der Waals surface area contributed by atoms with Crippen molar-refractivity contribution in [2.75, 3.05) is 0 Å². The Bertz CT molecular complexity index is 2580. The minimum Gasteiger partial charge on any atom is -0.0600 e. The van der Waals surface area contributed by atoms with Crippen molar-refractivity contribution in [2.24, 2.45) is 0 Å². The molecule has 3 nitrogen and oxygen atoms in total. The Morgan fingerprint density at radius 3 is 1.94 bits per heavy atom. The van der Waals surface area contributed by atoms with Gasteiger partial charge in [-0.1, -0.05) is 70.2 Å². The average Bonchev–Trinajstić information content (AvgIpc) is 3.68. The topological polar surface area (TPSA) is 31.0 Å². The van der Waals surface area contributed by atoms with Crippen molar-refractivity contribution in [3.05, 3.63) is 139 Å². The van der Waals surface area contributed by atoms with Crippen molar-refractivity contribution < 1.29 is 7.16 Å². The van der Waals surface area contributed by atoms with Crippen LogP contribution in [-0.4, -0.2) is 22.8 Å². The van der Waals surface area contributed by atoms with Crippen molar-refractivity contribution in [3.8, 4) is 39.3 Å². The number of aromatic nitrogens is 2. The molecule has 0 aliphatic heterocycles. The summed E-state index contributed by atoms with van der Waals surface area (Å²) in [5, 5.41) is 2.08. The molecular weight excluding hydrogens is 669 g/mol. The average molecular weight is 715 g/mol. The van der Waals surface area contributed by atoms with Crippen molar-refractivity contribution in [1.82, 2.24) is 9.55 Å². The number of hydrogen-bond acceptors (Lipinski definition) is 2. The Hall–Kier alpha value is -4.87. The maximum absolute atomic E-state index is 9.49. The molecule has 2 heterocycles. The first-order chi connectivity index (χ1) is 24.7. The number of hydrogen-bond donors (Lipinski definition) is 0. The van der Waals surface area contributed by atoms with Crippen LogP contribution in [0.3, 0.4) is 0 Å². The molecule has 50 heavy (non-hydrogen) atoms. The number of nitrogens with zero attached hydrogens (tertiary/aromatic N) is 2. The predicted molar refractivity (Wildman–Crippen MR) is 216 cm³/mol. The van der Waals surface area contributed by atoms with E-state index in [2.05, 4.69) is 113 Å². The summed E-state index contributed by atoms with van der Waals surface area (Å²) in [5.74, 6) is 6.01. The molecule has 0 unspecified atom stereocenters. The normalized spacial score (nSPS) is 13.3. The summed E-state index contributed by atoms with van der Waals surface area (Å²) in [6, 6.07) is 44.5. The summed E-state index contributed by atoms with van der Waals surface area (Å²) in [6.07, 6.45) is 0. The van der Waals surface area contributed by atoms with E-state index >= 15 is 0 Å².